The molecule has 0 spiro atoms. The molecule has 0 fully saturated rings. The van der Waals surface area contributed by atoms with Crippen LogP contribution in [0.2, 0.25) is 0 Å². The molecule has 0 aliphatic heterocycles. The Kier molecular flexibility index (Phi) is 6.26. The molecule has 0 saturated heterocycles. The number of benzene rings is 3. The van der Waals surface area contributed by atoms with Crippen molar-refractivity contribution in [2.75, 3.05) is 0 Å². The lowest BCUT2D eigenvalue weighted by Gasteiger charge is -2.14. The Balaban J connectivity index is 1.77. The van der Waals surface area contributed by atoms with Gasteiger partial charge in [-0.3, -0.25) is 0 Å². The van der Waals surface area contributed by atoms with Gasteiger partial charge < -0.3 is 9.47 Å². The molecule has 0 saturated carbocycles. The second-order valence-electron chi connectivity index (χ2n) is 6.75. The van der Waals surface area contributed by atoms with Crippen LogP contribution in [0.1, 0.15) is 46.8 Å². The molecule has 0 N–H and O–H groups in total. The summed E-state index contributed by atoms with van der Waals surface area (Å²) >= 11 is 0. The zero-order chi connectivity index (χ0) is 19.1. The first kappa shape index (κ1) is 18.7. The van der Waals surface area contributed by atoms with Gasteiger partial charge in [-0.25, -0.2) is 4.79 Å². The minimum atomic E-state index is -0.371. The number of esters is 1. The van der Waals surface area contributed by atoms with Crippen molar-refractivity contribution >= 4 is 5.97 Å². The highest BCUT2D eigenvalue weighted by atomic mass is 16.5. The molecule has 3 nitrogen and oxygen atoms in total. The van der Waals surface area contributed by atoms with Crippen molar-refractivity contribution in [1.82, 2.24) is 0 Å². The molecule has 0 aromatic heterocycles. The Labute approximate surface area is 160 Å². The summed E-state index contributed by atoms with van der Waals surface area (Å²) in [6.45, 7) is 4.84. The van der Waals surface area contributed by atoms with Crippen molar-refractivity contribution in [3.63, 3.8) is 0 Å². The summed E-state index contributed by atoms with van der Waals surface area (Å²) in [5, 5.41) is 0. The normalized spacial score (nSPS) is 10.6. The average Bonchev–Trinajstić information content (AvgIpc) is 2.72. The fourth-order valence-corrected chi connectivity index (χ4v) is 2.73. The van der Waals surface area contributed by atoms with E-state index in [2.05, 4.69) is 13.8 Å². The van der Waals surface area contributed by atoms with E-state index >= 15 is 0 Å². The molecule has 0 radical (unpaired) electrons. The van der Waals surface area contributed by atoms with Crippen LogP contribution in [0, 0.1) is 0 Å². The zero-order valence-corrected chi connectivity index (χ0v) is 15.7. The third-order valence-electron chi connectivity index (χ3n) is 4.34. The Hall–Kier alpha value is -3.07. The van der Waals surface area contributed by atoms with Crippen LogP contribution in [-0.2, 0) is 18.0 Å². The monoisotopic (exact) mass is 360 g/mol. The van der Waals surface area contributed by atoms with E-state index in [-0.39, 0.29) is 12.6 Å². The molecule has 138 valence electrons. The number of hydrogen-bond donors (Lipinski definition) is 0. The van der Waals surface area contributed by atoms with E-state index in [9.17, 15) is 4.79 Å². The molecule has 0 amide bonds. The van der Waals surface area contributed by atoms with Crippen LogP contribution >= 0.6 is 0 Å². The Morgan fingerprint density at radius 2 is 1.41 bits per heavy atom. The maximum Gasteiger partial charge on any atom is 0.342 e. The van der Waals surface area contributed by atoms with Crippen molar-refractivity contribution in [2.45, 2.75) is 33.0 Å². The summed E-state index contributed by atoms with van der Waals surface area (Å²) in [5.74, 6) is 0.486. The minimum absolute atomic E-state index is 0.240. The highest BCUT2D eigenvalue weighted by Crippen LogP contribution is 2.26. The predicted octanol–water partition coefficient (Wildman–Crippen LogP) is 5.75. The summed E-state index contributed by atoms with van der Waals surface area (Å²) in [4.78, 5) is 12.7. The summed E-state index contributed by atoms with van der Waals surface area (Å²) in [6, 6.07) is 25.3. The van der Waals surface area contributed by atoms with Gasteiger partial charge in [0, 0.05) is 0 Å². The van der Waals surface area contributed by atoms with E-state index in [1.54, 1.807) is 0 Å². The molecular weight excluding hydrogens is 336 g/mol. The number of carbonyl (C=O) groups excluding carboxylic acids is 1. The molecule has 0 atom stereocenters. The average molecular weight is 360 g/mol. The van der Waals surface area contributed by atoms with Crippen molar-refractivity contribution in [1.29, 1.82) is 0 Å². The van der Waals surface area contributed by atoms with E-state index in [1.165, 1.54) is 0 Å². The third kappa shape index (κ3) is 5.20. The standard InChI is InChI=1S/C24H24O3/c1-18(2)21-13-14-23(26-16-19-9-5-3-6-10-19)22(15-21)24(25)27-17-20-11-7-4-8-12-20/h3-15,18H,16-17H2,1-2H3. The molecule has 3 heteroatoms. The van der Waals surface area contributed by atoms with Crippen molar-refractivity contribution in [2.24, 2.45) is 0 Å². The molecule has 0 heterocycles. The number of rotatable bonds is 7. The van der Waals surface area contributed by atoms with Gasteiger partial charge in [-0.05, 0) is 34.7 Å². The largest absolute Gasteiger partial charge is 0.488 e. The number of ether oxygens (including phenoxy) is 2. The van der Waals surface area contributed by atoms with Gasteiger partial charge in [-0.2, -0.15) is 0 Å². The van der Waals surface area contributed by atoms with Gasteiger partial charge >= 0.3 is 5.97 Å². The van der Waals surface area contributed by atoms with Crippen LogP contribution in [-0.4, -0.2) is 5.97 Å². The van der Waals surface area contributed by atoms with Crippen LogP contribution < -0.4 is 4.74 Å². The van der Waals surface area contributed by atoms with Gasteiger partial charge in [0.05, 0.1) is 0 Å². The molecule has 3 rings (SSSR count). The maximum absolute atomic E-state index is 12.7. The highest BCUT2D eigenvalue weighted by molar-refractivity contribution is 5.92. The van der Waals surface area contributed by atoms with E-state index < -0.39 is 0 Å². The first-order valence-corrected chi connectivity index (χ1v) is 9.15. The first-order chi connectivity index (χ1) is 13.1. The third-order valence-corrected chi connectivity index (χ3v) is 4.34. The number of carbonyl (C=O) groups is 1. The molecule has 0 aliphatic carbocycles. The van der Waals surface area contributed by atoms with Gasteiger partial charge in [0.15, 0.2) is 0 Å². The smallest absolute Gasteiger partial charge is 0.342 e. The topological polar surface area (TPSA) is 35.5 Å². The fraction of sp³-hybridized carbons (Fsp3) is 0.208. The Morgan fingerprint density at radius 3 is 2.00 bits per heavy atom. The van der Waals surface area contributed by atoms with Crippen LogP contribution in [0.25, 0.3) is 0 Å². The van der Waals surface area contributed by atoms with Crippen molar-refractivity contribution < 1.29 is 14.3 Å². The molecule has 0 bridgehead atoms. The quantitative estimate of drug-likeness (QED) is 0.504. The van der Waals surface area contributed by atoms with E-state index in [0.717, 1.165) is 16.7 Å². The summed E-state index contributed by atoms with van der Waals surface area (Å²) in [7, 11) is 0. The van der Waals surface area contributed by atoms with Crippen molar-refractivity contribution in [3.8, 4) is 5.75 Å². The van der Waals surface area contributed by atoms with Gasteiger partial charge in [-0.15, -0.1) is 0 Å². The fourth-order valence-electron chi connectivity index (χ4n) is 2.73. The van der Waals surface area contributed by atoms with Crippen LogP contribution in [0.3, 0.4) is 0 Å². The molecule has 0 aliphatic rings. The lowest BCUT2D eigenvalue weighted by atomic mass is 10.0. The van der Waals surface area contributed by atoms with E-state index in [1.807, 2.05) is 78.9 Å². The predicted molar refractivity (Wildman–Crippen MR) is 107 cm³/mol. The summed E-state index contributed by atoms with van der Waals surface area (Å²) < 4.78 is 11.5. The zero-order valence-electron chi connectivity index (χ0n) is 15.7. The lowest BCUT2D eigenvalue weighted by molar-refractivity contribution is 0.0467. The van der Waals surface area contributed by atoms with E-state index in [0.29, 0.717) is 23.8 Å². The molecule has 27 heavy (non-hydrogen) atoms. The summed E-state index contributed by atoms with van der Waals surface area (Å²) in [6.07, 6.45) is 0. The van der Waals surface area contributed by atoms with Crippen LogP contribution in [0.4, 0.5) is 0 Å². The lowest BCUT2D eigenvalue weighted by Crippen LogP contribution is -2.09. The van der Waals surface area contributed by atoms with Gasteiger partial charge in [0.1, 0.15) is 24.5 Å². The van der Waals surface area contributed by atoms with Crippen molar-refractivity contribution in [3.05, 3.63) is 101 Å². The SMILES string of the molecule is CC(C)c1ccc(OCc2ccccc2)c(C(=O)OCc2ccccc2)c1. The maximum atomic E-state index is 12.7. The molecule has 3 aromatic rings. The molecule has 3 aromatic carbocycles. The van der Waals surface area contributed by atoms with Crippen LogP contribution in [0.15, 0.2) is 78.9 Å². The molecular formula is C24H24O3. The van der Waals surface area contributed by atoms with Gasteiger partial charge in [0.2, 0.25) is 0 Å². The first-order valence-electron chi connectivity index (χ1n) is 9.15. The second kappa shape index (κ2) is 9.04. The number of hydrogen-bond acceptors (Lipinski definition) is 3. The van der Waals surface area contributed by atoms with Gasteiger partial charge in [0.25, 0.3) is 0 Å². The Bertz CT molecular complexity index is 871. The Morgan fingerprint density at radius 1 is 0.815 bits per heavy atom. The van der Waals surface area contributed by atoms with Crippen LogP contribution in [0.5, 0.6) is 5.75 Å². The highest BCUT2D eigenvalue weighted by Gasteiger charge is 2.16. The molecule has 0 unspecified atom stereocenters. The van der Waals surface area contributed by atoms with E-state index in [4.69, 9.17) is 9.47 Å². The summed E-state index contributed by atoms with van der Waals surface area (Å²) in [5.41, 5.74) is 3.55. The van der Waals surface area contributed by atoms with Gasteiger partial charge in [-0.1, -0.05) is 80.6 Å². The minimum Gasteiger partial charge on any atom is -0.488 e. The second-order valence-corrected chi connectivity index (χ2v) is 6.75.